The summed E-state index contributed by atoms with van der Waals surface area (Å²) in [5.74, 6) is -0.0798. The molecule has 0 spiro atoms. The van der Waals surface area contributed by atoms with Crippen LogP contribution < -0.4 is 4.74 Å². The van der Waals surface area contributed by atoms with Crippen LogP contribution in [0.25, 0.3) is 0 Å². The van der Waals surface area contributed by atoms with Gasteiger partial charge in [0.15, 0.2) is 0 Å². The van der Waals surface area contributed by atoms with Crippen molar-refractivity contribution in [3.63, 3.8) is 0 Å². The summed E-state index contributed by atoms with van der Waals surface area (Å²) in [7, 11) is 0. The van der Waals surface area contributed by atoms with E-state index in [2.05, 4.69) is 0 Å². The second-order valence-electron chi connectivity index (χ2n) is 6.64. The number of carboxylic acid groups (broad SMARTS) is 1. The van der Waals surface area contributed by atoms with Crippen molar-refractivity contribution >= 4 is 23.9 Å². The van der Waals surface area contributed by atoms with Crippen molar-refractivity contribution in [3.05, 3.63) is 42.0 Å². The quantitative estimate of drug-likeness (QED) is 0.280. The molecule has 0 aliphatic heterocycles. The average molecular weight is 381 g/mol. The second kappa shape index (κ2) is 10.3. The fourth-order valence-corrected chi connectivity index (χ4v) is 3.74. The normalized spacial score (nSPS) is 25.5. The van der Waals surface area contributed by atoms with Crippen LogP contribution in [0, 0.1) is 11.8 Å². The van der Waals surface area contributed by atoms with Crippen LogP contribution in [0.2, 0.25) is 0 Å². The number of benzene rings is 1. The Morgan fingerprint density at radius 2 is 1.96 bits per heavy atom. The lowest BCUT2D eigenvalue weighted by atomic mass is 9.92. The highest BCUT2D eigenvalue weighted by atomic mass is 35.5. The van der Waals surface area contributed by atoms with Crippen LogP contribution in [0.5, 0.6) is 5.75 Å². The number of ether oxygens (including phenoxy) is 1. The Hall–Kier alpha value is -1.85. The molecule has 0 radical (unpaired) electrons. The largest absolute Gasteiger partial charge is 0.493 e. The number of carbonyl (C=O) groups excluding carboxylic acids is 1. The lowest BCUT2D eigenvalue weighted by Gasteiger charge is -2.22. The predicted molar refractivity (Wildman–Crippen MR) is 99.8 cm³/mol. The fraction of sp³-hybridized carbons (Fsp3) is 0.500. The first-order chi connectivity index (χ1) is 12.5. The first-order valence-corrected chi connectivity index (χ1v) is 9.32. The maximum atomic E-state index is 10.7. The molecule has 4 atom stereocenters. The Labute approximate surface area is 158 Å². The molecule has 0 heterocycles. The van der Waals surface area contributed by atoms with Crippen molar-refractivity contribution in [2.75, 3.05) is 6.61 Å². The van der Waals surface area contributed by atoms with E-state index in [1.807, 2.05) is 12.2 Å². The number of hydrogen-bond donors (Lipinski definition) is 2. The van der Waals surface area contributed by atoms with Gasteiger partial charge >= 0.3 is 5.97 Å². The van der Waals surface area contributed by atoms with Gasteiger partial charge in [0.1, 0.15) is 12.0 Å². The molecule has 0 bridgehead atoms. The Morgan fingerprint density at radius 3 is 2.62 bits per heavy atom. The summed E-state index contributed by atoms with van der Waals surface area (Å²) in [6.45, 7) is 0.363. The molecule has 1 fully saturated rings. The highest BCUT2D eigenvalue weighted by Crippen LogP contribution is 2.39. The topological polar surface area (TPSA) is 83.8 Å². The lowest BCUT2D eigenvalue weighted by Crippen LogP contribution is -2.27. The van der Waals surface area contributed by atoms with Gasteiger partial charge in [0.2, 0.25) is 0 Å². The van der Waals surface area contributed by atoms with Crippen LogP contribution in [-0.4, -0.2) is 40.6 Å². The minimum Gasteiger partial charge on any atom is -0.493 e. The summed E-state index contributed by atoms with van der Waals surface area (Å²) >= 11 is 6.40. The van der Waals surface area contributed by atoms with E-state index in [1.165, 1.54) is 0 Å². The molecule has 26 heavy (non-hydrogen) atoms. The molecule has 1 aliphatic rings. The number of aliphatic carboxylic acids is 1. The molecular weight excluding hydrogens is 356 g/mol. The van der Waals surface area contributed by atoms with Gasteiger partial charge < -0.3 is 14.9 Å². The molecular formula is C20H25ClO5. The zero-order chi connectivity index (χ0) is 18.9. The van der Waals surface area contributed by atoms with E-state index in [0.29, 0.717) is 30.8 Å². The van der Waals surface area contributed by atoms with Crippen LogP contribution in [0.15, 0.2) is 36.4 Å². The van der Waals surface area contributed by atoms with Gasteiger partial charge in [-0.3, -0.25) is 9.59 Å². The third kappa shape index (κ3) is 6.15. The summed E-state index contributed by atoms with van der Waals surface area (Å²) in [4.78, 5) is 21.2. The van der Waals surface area contributed by atoms with Gasteiger partial charge in [0.25, 0.3) is 0 Å². The molecule has 5 nitrogen and oxygen atoms in total. The summed E-state index contributed by atoms with van der Waals surface area (Å²) < 4.78 is 5.79. The number of alkyl halides is 1. The number of rotatable bonds is 10. The molecule has 1 aromatic rings. The van der Waals surface area contributed by atoms with Crippen LogP contribution in [0.3, 0.4) is 0 Å². The van der Waals surface area contributed by atoms with Crippen LogP contribution >= 0.6 is 11.6 Å². The minimum atomic E-state index is -0.781. The third-order valence-corrected chi connectivity index (χ3v) is 5.27. The fourth-order valence-electron chi connectivity index (χ4n) is 3.27. The van der Waals surface area contributed by atoms with E-state index in [4.69, 9.17) is 21.4 Å². The molecule has 0 aromatic heterocycles. The number of halogens is 1. The first-order valence-electron chi connectivity index (χ1n) is 8.88. The van der Waals surface area contributed by atoms with Crippen molar-refractivity contribution in [1.29, 1.82) is 0 Å². The van der Waals surface area contributed by atoms with Gasteiger partial charge in [-0.05, 0) is 55.9 Å². The molecule has 142 valence electrons. The van der Waals surface area contributed by atoms with Crippen molar-refractivity contribution in [2.24, 2.45) is 11.8 Å². The van der Waals surface area contributed by atoms with Gasteiger partial charge in [-0.15, -0.1) is 11.6 Å². The smallest absolute Gasteiger partial charge is 0.303 e. The number of allylic oxidation sites excluding steroid dienone is 2. The van der Waals surface area contributed by atoms with Crippen LogP contribution in [-0.2, 0) is 4.79 Å². The van der Waals surface area contributed by atoms with Crippen molar-refractivity contribution in [2.45, 2.75) is 43.6 Å². The molecule has 1 aliphatic carbocycles. The number of hydrogen-bond acceptors (Lipinski definition) is 4. The van der Waals surface area contributed by atoms with E-state index in [-0.39, 0.29) is 23.6 Å². The Balaban J connectivity index is 1.84. The number of carbonyl (C=O) groups is 2. The van der Waals surface area contributed by atoms with E-state index in [0.717, 1.165) is 19.1 Å². The van der Waals surface area contributed by atoms with Gasteiger partial charge in [-0.2, -0.15) is 0 Å². The van der Waals surface area contributed by atoms with E-state index >= 15 is 0 Å². The van der Waals surface area contributed by atoms with Gasteiger partial charge in [-0.25, -0.2) is 0 Å². The maximum Gasteiger partial charge on any atom is 0.303 e. The SMILES string of the molecule is O=Cc1ccc(OC[C@@H]2[C@@H](CC=CCCCC(=O)O)[C@H](Cl)C[C@H]2O)cc1. The molecule has 0 amide bonds. The molecule has 1 aromatic carbocycles. The monoisotopic (exact) mass is 380 g/mol. The maximum absolute atomic E-state index is 10.7. The summed E-state index contributed by atoms with van der Waals surface area (Å²) in [5.41, 5.74) is 0.588. The molecule has 2 rings (SSSR count). The lowest BCUT2D eigenvalue weighted by molar-refractivity contribution is -0.137. The number of aldehydes is 1. The molecule has 6 heteroatoms. The number of unbranched alkanes of at least 4 members (excludes halogenated alkanes) is 1. The van der Waals surface area contributed by atoms with E-state index < -0.39 is 12.1 Å². The second-order valence-corrected chi connectivity index (χ2v) is 7.20. The zero-order valence-corrected chi connectivity index (χ0v) is 15.3. The zero-order valence-electron chi connectivity index (χ0n) is 14.6. The van der Waals surface area contributed by atoms with E-state index in [1.54, 1.807) is 24.3 Å². The van der Waals surface area contributed by atoms with Crippen molar-refractivity contribution in [3.8, 4) is 5.75 Å². The van der Waals surface area contributed by atoms with Gasteiger partial charge in [-0.1, -0.05) is 12.2 Å². The van der Waals surface area contributed by atoms with Gasteiger partial charge in [0, 0.05) is 23.3 Å². The summed E-state index contributed by atoms with van der Waals surface area (Å²) in [6, 6.07) is 6.85. The Kier molecular flexibility index (Phi) is 8.13. The molecule has 0 saturated heterocycles. The Morgan fingerprint density at radius 1 is 1.23 bits per heavy atom. The van der Waals surface area contributed by atoms with Crippen LogP contribution in [0.4, 0.5) is 0 Å². The summed E-state index contributed by atoms with van der Waals surface area (Å²) in [6.07, 6.45) is 7.06. The molecule has 0 unspecified atom stereocenters. The number of aliphatic hydroxyl groups excluding tert-OH is 1. The standard InChI is InChI=1S/C20H25ClO5/c21-18-11-19(23)17(13-26-15-9-7-14(12-22)8-10-15)16(18)5-3-1-2-4-6-20(24)25/h1,3,7-10,12,16-19,23H,2,4-6,11,13H2,(H,24,25)/t16-,17-,18-,19-/m1/s1. The first kappa shape index (κ1) is 20.5. The van der Waals surface area contributed by atoms with Crippen molar-refractivity contribution < 1.29 is 24.5 Å². The average Bonchev–Trinajstić information content (AvgIpc) is 2.89. The summed E-state index contributed by atoms with van der Waals surface area (Å²) in [5, 5.41) is 18.8. The highest BCUT2D eigenvalue weighted by molar-refractivity contribution is 6.21. The third-order valence-electron chi connectivity index (χ3n) is 4.77. The molecule has 2 N–H and O–H groups in total. The number of carboxylic acids is 1. The number of aliphatic hydroxyl groups is 1. The van der Waals surface area contributed by atoms with Crippen LogP contribution in [0.1, 0.15) is 42.5 Å². The molecule has 1 saturated carbocycles. The van der Waals surface area contributed by atoms with Gasteiger partial charge in [0.05, 0.1) is 12.7 Å². The van der Waals surface area contributed by atoms with E-state index in [9.17, 15) is 14.7 Å². The van der Waals surface area contributed by atoms with Crippen molar-refractivity contribution in [1.82, 2.24) is 0 Å². The minimum absolute atomic E-state index is 0.0630. The Bertz CT molecular complexity index is 613. The predicted octanol–water partition coefficient (Wildman–Crippen LogP) is 3.68. The highest BCUT2D eigenvalue weighted by Gasteiger charge is 2.41.